The van der Waals surface area contributed by atoms with E-state index in [0.717, 1.165) is 36.5 Å². The Balaban J connectivity index is -0.000000203. The molecule has 0 atom stereocenters. The Morgan fingerprint density at radius 1 is 0.778 bits per heavy atom. The van der Waals surface area contributed by atoms with Crippen molar-refractivity contribution in [3.8, 4) is 12.1 Å². The third kappa shape index (κ3) is 25.9. The van der Waals surface area contributed by atoms with Gasteiger partial charge in [0.1, 0.15) is 12.1 Å². The van der Waals surface area contributed by atoms with Gasteiger partial charge in [-0.2, -0.15) is 10.5 Å². The quantitative estimate of drug-likeness (QED) is 0.397. The molecule has 0 aliphatic carbocycles. The molecule has 36 heavy (non-hydrogen) atoms. The van der Waals surface area contributed by atoms with Crippen molar-refractivity contribution < 1.29 is 4.74 Å². The molecular weight excluding hydrogens is 444 g/mol. The van der Waals surface area contributed by atoms with E-state index in [0.29, 0.717) is 29.1 Å². The van der Waals surface area contributed by atoms with E-state index in [9.17, 15) is 0 Å². The van der Waals surface area contributed by atoms with Crippen molar-refractivity contribution in [2.24, 2.45) is 11.8 Å². The van der Waals surface area contributed by atoms with Crippen LogP contribution in [0.4, 0.5) is 0 Å². The lowest BCUT2D eigenvalue weighted by atomic mass is 10.0. The van der Waals surface area contributed by atoms with Crippen LogP contribution in [-0.2, 0) is 11.2 Å². The van der Waals surface area contributed by atoms with Crippen molar-refractivity contribution in [2.75, 3.05) is 6.61 Å². The summed E-state index contributed by atoms with van der Waals surface area (Å²) in [6, 6.07) is 7.94. The third-order valence-electron chi connectivity index (χ3n) is 3.99. The first-order valence-electron chi connectivity index (χ1n) is 12.3. The fraction of sp³-hybridized carbons (Fsp3) is 0.613. The molecule has 2 aromatic heterocycles. The van der Waals surface area contributed by atoms with Crippen LogP contribution in [0, 0.1) is 34.5 Å². The lowest BCUT2D eigenvalue weighted by Crippen LogP contribution is -1.99. The molecule has 0 amide bonds. The van der Waals surface area contributed by atoms with E-state index >= 15 is 0 Å². The average molecular weight is 499 g/mol. The Morgan fingerprint density at radius 3 is 1.61 bits per heavy atom. The minimum atomic E-state index is 0. The largest absolute Gasteiger partial charge is 0.379 e. The fourth-order valence-corrected chi connectivity index (χ4v) is 2.31. The highest BCUT2D eigenvalue weighted by atomic mass is 16.5. The summed E-state index contributed by atoms with van der Waals surface area (Å²) in [7, 11) is 0. The van der Waals surface area contributed by atoms with Crippen LogP contribution in [0.5, 0.6) is 0 Å². The molecule has 0 bridgehead atoms. The maximum absolute atomic E-state index is 8.65. The first kappa shape index (κ1) is 40.4. The van der Waals surface area contributed by atoms with Gasteiger partial charge < -0.3 is 4.74 Å². The molecule has 0 radical (unpaired) electrons. The molecule has 2 rings (SSSR count). The van der Waals surface area contributed by atoms with E-state index in [1.165, 1.54) is 0 Å². The summed E-state index contributed by atoms with van der Waals surface area (Å²) in [5, 5.41) is 17.2. The van der Waals surface area contributed by atoms with Gasteiger partial charge in [0.05, 0.1) is 17.2 Å². The SMILES string of the molecule is C.C.CC(C)C.CC(C)CCc1cncc(C#N)c1.CC(C)c1cncc(C#N)c1.CCOC(C)C. The number of rotatable bonds is 6. The second kappa shape index (κ2) is 25.3. The fourth-order valence-electron chi connectivity index (χ4n) is 2.31. The normalized spacial score (nSPS) is 9.22. The molecule has 0 N–H and O–H groups in total. The standard InChI is InChI=1S/C11H14N2.C9H10N2.C5H12O.C4H10.2CH4/c1-9(2)3-4-10-5-11(6-12)8-13-7-10;1-7(2)9-3-8(4-10)5-11-6-9;1-4-6-5(2)3;1-4(2)3;;/h5,7-9H,3-4H2,1-2H3;3,5-7H,1-2H3;5H,4H2,1-3H3;4H,1-3H3;2*1H4. The number of ether oxygens (including phenoxy) is 1. The first-order chi connectivity index (χ1) is 16.0. The molecule has 0 unspecified atom stereocenters. The van der Waals surface area contributed by atoms with Gasteiger partial charge >= 0.3 is 0 Å². The molecule has 0 aliphatic heterocycles. The second-order valence-electron chi connectivity index (χ2n) is 9.64. The zero-order valence-corrected chi connectivity index (χ0v) is 23.1. The summed E-state index contributed by atoms with van der Waals surface area (Å²) in [6.45, 7) is 21.9. The molecule has 0 spiro atoms. The van der Waals surface area contributed by atoms with Crippen LogP contribution in [0.25, 0.3) is 0 Å². The molecular formula is C31H54N4O. The topological polar surface area (TPSA) is 82.6 Å². The highest BCUT2D eigenvalue weighted by molar-refractivity contribution is 5.30. The Hall–Kier alpha value is -2.76. The highest BCUT2D eigenvalue weighted by Crippen LogP contribution is 2.13. The van der Waals surface area contributed by atoms with Gasteiger partial charge in [-0.15, -0.1) is 0 Å². The smallest absolute Gasteiger partial charge is 0.101 e. The van der Waals surface area contributed by atoms with Gasteiger partial charge in [0.25, 0.3) is 0 Å². The third-order valence-corrected chi connectivity index (χ3v) is 3.99. The molecule has 0 aromatic carbocycles. The van der Waals surface area contributed by atoms with E-state index in [1.54, 1.807) is 18.6 Å². The number of hydrogen-bond acceptors (Lipinski definition) is 5. The van der Waals surface area contributed by atoms with Crippen molar-refractivity contribution in [2.45, 2.75) is 109 Å². The lowest BCUT2D eigenvalue weighted by molar-refractivity contribution is 0.0899. The number of nitriles is 2. The van der Waals surface area contributed by atoms with Crippen LogP contribution in [0.2, 0.25) is 0 Å². The van der Waals surface area contributed by atoms with Gasteiger partial charge in [-0.25, -0.2) is 0 Å². The molecule has 2 aromatic rings. The Labute approximate surface area is 224 Å². The zero-order valence-electron chi connectivity index (χ0n) is 23.1. The number of aryl methyl sites for hydroxylation is 1. The monoisotopic (exact) mass is 498 g/mol. The van der Waals surface area contributed by atoms with E-state index in [4.69, 9.17) is 15.3 Å². The molecule has 0 saturated heterocycles. The summed E-state index contributed by atoms with van der Waals surface area (Å²) in [5.74, 6) is 1.97. The van der Waals surface area contributed by atoms with Gasteiger partial charge in [-0.3, -0.25) is 9.97 Å². The molecule has 0 saturated carbocycles. The maximum Gasteiger partial charge on any atom is 0.101 e. The number of pyridine rings is 2. The summed E-state index contributed by atoms with van der Waals surface area (Å²) < 4.78 is 5.04. The minimum Gasteiger partial charge on any atom is -0.379 e. The molecule has 204 valence electrons. The second-order valence-corrected chi connectivity index (χ2v) is 9.64. The molecule has 5 heteroatoms. The molecule has 2 heterocycles. The van der Waals surface area contributed by atoms with Crippen molar-refractivity contribution in [3.63, 3.8) is 0 Å². The van der Waals surface area contributed by atoms with Crippen LogP contribution < -0.4 is 0 Å². The molecule has 0 fully saturated rings. The van der Waals surface area contributed by atoms with Crippen molar-refractivity contribution in [3.05, 3.63) is 59.2 Å². The number of aromatic nitrogens is 2. The van der Waals surface area contributed by atoms with Crippen LogP contribution in [0.15, 0.2) is 36.9 Å². The average Bonchev–Trinajstić information content (AvgIpc) is 2.78. The highest BCUT2D eigenvalue weighted by Gasteiger charge is 2.00. The van der Waals surface area contributed by atoms with E-state index in [1.807, 2.05) is 39.1 Å². The van der Waals surface area contributed by atoms with Crippen LogP contribution in [-0.4, -0.2) is 22.7 Å². The zero-order chi connectivity index (χ0) is 26.5. The lowest BCUT2D eigenvalue weighted by Gasteiger charge is -2.03. The van der Waals surface area contributed by atoms with Gasteiger partial charge in [-0.05, 0) is 74.6 Å². The predicted octanol–water partition coefficient (Wildman–Crippen LogP) is 8.98. The Bertz CT molecular complexity index is 843. The first-order valence-corrected chi connectivity index (χ1v) is 12.3. The van der Waals surface area contributed by atoms with Crippen molar-refractivity contribution >= 4 is 0 Å². The van der Waals surface area contributed by atoms with E-state index in [2.05, 4.69) is 70.6 Å². The Kier molecular flexibility index (Phi) is 28.4. The van der Waals surface area contributed by atoms with Crippen molar-refractivity contribution in [1.82, 2.24) is 9.97 Å². The summed E-state index contributed by atoms with van der Waals surface area (Å²) >= 11 is 0. The predicted molar refractivity (Wildman–Crippen MR) is 156 cm³/mol. The van der Waals surface area contributed by atoms with Gasteiger partial charge in [0.2, 0.25) is 0 Å². The van der Waals surface area contributed by atoms with Gasteiger partial charge in [0.15, 0.2) is 0 Å². The Morgan fingerprint density at radius 2 is 1.25 bits per heavy atom. The molecule has 0 aliphatic rings. The van der Waals surface area contributed by atoms with Gasteiger partial charge in [-0.1, -0.05) is 63.3 Å². The van der Waals surface area contributed by atoms with Crippen molar-refractivity contribution in [1.29, 1.82) is 10.5 Å². The minimum absolute atomic E-state index is 0. The maximum atomic E-state index is 8.65. The van der Waals surface area contributed by atoms with Gasteiger partial charge in [0, 0.05) is 31.4 Å². The van der Waals surface area contributed by atoms with Crippen LogP contribution in [0.3, 0.4) is 0 Å². The summed E-state index contributed by atoms with van der Waals surface area (Å²) in [5.41, 5.74) is 3.56. The number of nitrogens with zero attached hydrogens (tertiary/aromatic N) is 4. The van der Waals surface area contributed by atoms with E-state index in [-0.39, 0.29) is 14.9 Å². The molecule has 5 nitrogen and oxygen atoms in total. The van der Waals surface area contributed by atoms with E-state index < -0.39 is 0 Å². The summed E-state index contributed by atoms with van der Waals surface area (Å²) in [4.78, 5) is 7.97. The van der Waals surface area contributed by atoms with Crippen LogP contribution in [0.1, 0.15) is 119 Å². The van der Waals surface area contributed by atoms with Crippen LogP contribution >= 0.6 is 0 Å². The summed E-state index contributed by atoms with van der Waals surface area (Å²) in [6.07, 6.45) is 9.37. The number of hydrogen-bond donors (Lipinski definition) is 0.